The van der Waals surface area contributed by atoms with Gasteiger partial charge in [0.15, 0.2) is 0 Å². The highest BCUT2D eigenvalue weighted by atomic mass is 19.1. The first kappa shape index (κ1) is 10.8. The Labute approximate surface area is 68.8 Å². The van der Waals surface area contributed by atoms with Gasteiger partial charge in [-0.3, -0.25) is 4.90 Å². The van der Waals surface area contributed by atoms with Crippen molar-refractivity contribution in [2.24, 2.45) is 0 Å². The minimum absolute atomic E-state index is 0.110. The molecule has 0 amide bonds. The van der Waals surface area contributed by atoms with Crippen molar-refractivity contribution in [3.05, 3.63) is 0 Å². The predicted molar refractivity (Wildman–Crippen MR) is 46.6 cm³/mol. The monoisotopic (exact) mass is 162 g/mol. The second-order valence-corrected chi connectivity index (χ2v) is 2.49. The minimum Gasteiger partial charge on any atom is -0.314 e. The molecule has 0 bridgehead atoms. The van der Waals surface area contributed by atoms with Crippen LogP contribution in [0.4, 0.5) is 4.39 Å². The van der Waals surface area contributed by atoms with Crippen LogP contribution >= 0.6 is 0 Å². The number of alkyl halides is 1. The molecular weight excluding hydrogens is 143 g/mol. The first-order valence-corrected chi connectivity index (χ1v) is 4.31. The highest BCUT2D eigenvalue weighted by Crippen LogP contribution is 1.98. The molecule has 1 fully saturated rings. The van der Waals surface area contributed by atoms with Crippen LogP contribution in [-0.2, 0) is 0 Å². The van der Waals surface area contributed by atoms with Crippen molar-refractivity contribution in [3.8, 4) is 0 Å². The molecule has 1 unspecified atom stereocenters. The predicted octanol–water partition coefficient (Wildman–Crippen LogP) is 0.886. The Bertz CT molecular complexity index is 88.2. The van der Waals surface area contributed by atoms with Crippen molar-refractivity contribution in [3.63, 3.8) is 0 Å². The van der Waals surface area contributed by atoms with E-state index in [1.54, 1.807) is 0 Å². The molecule has 1 heterocycles. The lowest BCUT2D eigenvalue weighted by Gasteiger charge is -2.30. The normalized spacial score (nSPS) is 25.6. The maximum atomic E-state index is 12.0. The Kier molecular flexibility index (Phi) is 6.46. The number of hydrogen-bond acceptors (Lipinski definition) is 2. The van der Waals surface area contributed by atoms with Gasteiger partial charge < -0.3 is 5.32 Å². The highest BCUT2D eigenvalue weighted by molar-refractivity contribution is 4.75. The Morgan fingerprint density at radius 1 is 1.55 bits per heavy atom. The largest absolute Gasteiger partial charge is 0.314 e. The van der Waals surface area contributed by atoms with E-state index >= 15 is 0 Å². The third kappa shape index (κ3) is 3.68. The maximum Gasteiger partial charge on any atom is 0.106 e. The van der Waals surface area contributed by atoms with Crippen LogP contribution in [0.15, 0.2) is 0 Å². The molecular formula is C8H19FN2. The summed E-state index contributed by atoms with van der Waals surface area (Å²) in [5.74, 6) is 0. The molecule has 11 heavy (non-hydrogen) atoms. The number of hydrogen-bond donors (Lipinski definition) is 1. The molecule has 0 aromatic heterocycles. The van der Waals surface area contributed by atoms with Gasteiger partial charge in [0.25, 0.3) is 0 Å². The molecule has 0 spiro atoms. The minimum atomic E-state index is -0.233. The van der Waals surface area contributed by atoms with Crippen molar-refractivity contribution in [2.45, 2.75) is 19.9 Å². The summed E-state index contributed by atoms with van der Waals surface area (Å²) in [7, 11) is 1.96. The Balaban J connectivity index is 0.000000461. The van der Waals surface area contributed by atoms with Crippen molar-refractivity contribution in [1.82, 2.24) is 10.2 Å². The van der Waals surface area contributed by atoms with E-state index in [0.29, 0.717) is 0 Å². The fourth-order valence-corrected chi connectivity index (χ4v) is 1.03. The average molecular weight is 162 g/mol. The van der Waals surface area contributed by atoms with E-state index < -0.39 is 0 Å². The third-order valence-electron chi connectivity index (χ3n) is 1.82. The summed E-state index contributed by atoms with van der Waals surface area (Å²) in [5.41, 5.74) is 0. The van der Waals surface area contributed by atoms with Crippen molar-refractivity contribution in [1.29, 1.82) is 0 Å². The quantitative estimate of drug-likeness (QED) is 0.616. The lowest BCUT2D eigenvalue weighted by atomic mass is 10.2. The zero-order valence-electron chi connectivity index (χ0n) is 7.73. The van der Waals surface area contributed by atoms with E-state index in [-0.39, 0.29) is 12.7 Å². The zero-order valence-corrected chi connectivity index (χ0v) is 7.73. The summed E-state index contributed by atoms with van der Waals surface area (Å²) >= 11 is 0. The van der Waals surface area contributed by atoms with Crippen LogP contribution in [-0.4, -0.2) is 44.3 Å². The maximum absolute atomic E-state index is 12.0. The third-order valence-corrected chi connectivity index (χ3v) is 1.82. The Morgan fingerprint density at radius 3 is 2.55 bits per heavy atom. The van der Waals surface area contributed by atoms with Gasteiger partial charge in [-0.05, 0) is 7.05 Å². The van der Waals surface area contributed by atoms with Crippen molar-refractivity contribution >= 4 is 0 Å². The standard InChI is InChI=1S/C6H13FN2.C2H6/c1-9-3-2-8-5-6(9)4-7;1-2/h6,8H,2-5H2,1H3;1-2H3. The van der Waals surface area contributed by atoms with E-state index in [1.165, 1.54) is 0 Å². The number of likely N-dealkylation sites (N-methyl/N-ethyl adjacent to an activating group) is 1. The summed E-state index contributed by atoms with van der Waals surface area (Å²) in [6.45, 7) is 6.53. The summed E-state index contributed by atoms with van der Waals surface area (Å²) in [6, 6.07) is 0.110. The van der Waals surface area contributed by atoms with Crippen LogP contribution in [0.1, 0.15) is 13.8 Å². The lowest BCUT2D eigenvalue weighted by Crippen LogP contribution is -2.50. The Hall–Kier alpha value is -0.150. The van der Waals surface area contributed by atoms with Gasteiger partial charge in [0.05, 0.1) is 6.04 Å². The van der Waals surface area contributed by atoms with Gasteiger partial charge in [0.1, 0.15) is 6.67 Å². The summed E-state index contributed by atoms with van der Waals surface area (Å²) in [5, 5.41) is 3.13. The summed E-state index contributed by atoms with van der Waals surface area (Å²) in [4.78, 5) is 2.05. The fourth-order valence-electron chi connectivity index (χ4n) is 1.03. The number of nitrogens with one attached hydrogen (secondary N) is 1. The van der Waals surface area contributed by atoms with E-state index in [4.69, 9.17) is 0 Å². The van der Waals surface area contributed by atoms with E-state index in [9.17, 15) is 4.39 Å². The van der Waals surface area contributed by atoms with Gasteiger partial charge in [0.2, 0.25) is 0 Å². The second-order valence-electron chi connectivity index (χ2n) is 2.49. The van der Waals surface area contributed by atoms with Gasteiger partial charge in [-0.25, -0.2) is 4.39 Å². The zero-order chi connectivity index (χ0) is 8.69. The molecule has 0 aromatic carbocycles. The smallest absolute Gasteiger partial charge is 0.106 e. The molecule has 68 valence electrons. The van der Waals surface area contributed by atoms with Crippen LogP contribution in [0, 0.1) is 0 Å². The molecule has 1 N–H and O–H groups in total. The summed E-state index contributed by atoms with van der Waals surface area (Å²) < 4.78 is 12.0. The lowest BCUT2D eigenvalue weighted by molar-refractivity contribution is 0.168. The van der Waals surface area contributed by atoms with Gasteiger partial charge >= 0.3 is 0 Å². The molecule has 1 saturated heterocycles. The van der Waals surface area contributed by atoms with Gasteiger partial charge in [-0.2, -0.15) is 0 Å². The van der Waals surface area contributed by atoms with E-state index in [2.05, 4.69) is 10.2 Å². The van der Waals surface area contributed by atoms with Crippen LogP contribution in [0.2, 0.25) is 0 Å². The molecule has 1 atom stereocenters. The molecule has 1 rings (SSSR count). The van der Waals surface area contributed by atoms with Gasteiger partial charge in [-0.15, -0.1) is 0 Å². The topological polar surface area (TPSA) is 15.3 Å². The molecule has 3 heteroatoms. The number of halogens is 1. The molecule has 0 aromatic rings. The first-order chi connectivity index (χ1) is 5.34. The van der Waals surface area contributed by atoms with Crippen molar-refractivity contribution < 1.29 is 4.39 Å². The van der Waals surface area contributed by atoms with Crippen LogP contribution in [0.25, 0.3) is 0 Å². The molecule has 1 aliphatic rings. The van der Waals surface area contributed by atoms with E-state index in [1.807, 2.05) is 20.9 Å². The molecule has 2 nitrogen and oxygen atoms in total. The highest BCUT2D eigenvalue weighted by Gasteiger charge is 2.16. The summed E-state index contributed by atoms with van der Waals surface area (Å²) in [6.07, 6.45) is 0. The number of nitrogens with zero attached hydrogens (tertiary/aromatic N) is 1. The first-order valence-electron chi connectivity index (χ1n) is 4.31. The van der Waals surface area contributed by atoms with Gasteiger partial charge in [-0.1, -0.05) is 13.8 Å². The molecule has 1 aliphatic heterocycles. The molecule has 0 saturated carbocycles. The van der Waals surface area contributed by atoms with Crippen molar-refractivity contribution in [2.75, 3.05) is 33.4 Å². The Morgan fingerprint density at radius 2 is 2.18 bits per heavy atom. The van der Waals surface area contributed by atoms with E-state index in [0.717, 1.165) is 19.6 Å². The fraction of sp³-hybridized carbons (Fsp3) is 1.00. The molecule has 0 radical (unpaired) electrons. The SMILES string of the molecule is CC.CN1CCNCC1CF. The number of piperazine rings is 1. The second kappa shape index (κ2) is 6.55. The van der Waals surface area contributed by atoms with Gasteiger partial charge in [0, 0.05) is 19.6 Å². The molecule has 0 aliphatic carbocycles. The van der Waals surface area contributed by atoms with Crippen LogP contribution in [0.5, 0.6) is 0 Å². The number of rotatable bonds is 1. The average Bonchev–Trinajstić information content (AvgIpc) is 2.09. The van der Waals surface area contributed by atoms with Crippen LogP contribution < -0.4 is 5.32 Å². The van der Waals surface area contributed by atoms with Crippen LogP contribution in [0.3, 0.4) is 0 Å².